The van der Waals surface area contributed by atoms with Crippen LogP contribution in [0.5, 0.6) is 0 Å². The van der Waals surface area contributed by atoms with Gasteiger partial charge in [-0.05, 0) is 19.1 Å². The Bertz CT molecular complexity index is 586. The summed E-state index contributed by atoms with van der Waals surface area (Å²) in [4.78, 5) is 12.3. The Kier molecular flexibility index (Phi) is 3.92. The van der Waals surface area contributed by atoms with Crippen LogP contribution in [0.25, 0.3) is 0 Å². The van der Waals surface area contributed by atoms with Gasteiger partial charge < -0.3 is 14.7 Å². The van der Waals surface area contributed by atoms with Gasteiger partial charge in [-0.25, -0.2) is 4.98 Å². The fraction of sp³-hybridized carbons (Fsp3) is 0.500. The second kappa shape index (κ2) is 5.85. The lowest BCUT2D eigenvalue weighted by atomic mass is 10.3. The van der Waals surface area contributed by atoms with Gasteiger partial charge in [-0.15, -0.1) is 21.5 Å². The molecule has 7 heteroatoms. The summed E-state index contributed by atoms with van der Waals surface area (Å²) >= 11 is 1.76. The third-order valence-corrected chi connectivity index (χ3v) is 4.55. The fourth-order valence-electron chi connectivity index (χ4n) is 2.34. The standard InChI is InChI=1S/C14H20N6S/c1-11-10-15-14(21-11)20-8-6-19(7-9-20)13-5-4-12(16-17-13)18(2)3/h4-5,10H,6-9H2,1-3H3. The first-order chi connectivity index (χ1) is 10.1. The predicted molar refractivity (Wildman–Crippen MR) is 87.6 cm³/mol. The maximum absolute atomic E-state index is 4.46. The molecule has 2 aromatic heterocycles. The van der Waals surface area contributed by atoms with Gasteiger partial charge >= 0.3 is 0 Å². The Hall–Kier alpha value is -1.89. The molecule has 1 aliphatic rings. The summed E-state index contributed by atoms with van der Waals surface area (Å²) < 4.78 is 0. The van der Waals surface area contributed by atoms with Gasteiger partial charge in [-0.1, -0.05) is 0 Å². The largest absolute Gasteiger partial charge is 0.361 e. The Morgan fingerprint density at radius 1 is 1.05 bits per heavy atom. The van der Waals surface area contributed by atoms with E-state index in [1.807, 2.05) is 37.3 Å². The van der Waals surface area contributed by atoms with Crippen molar-refractivity contribution < 1.29 is 0 Å². The molecule has 6 nitrogen and oxygen atoms in total. The molecule has 0 unspecified atom stereocenters. The second-order valence-corrected chi connectivity index (χ2v) is 6.58. The summed E-state index contributed by atoms with van der Waals surface area (Å²) in [6, 6.07) is 4.06. The molecule has 21 heavy (non-hydrogen) atoms. The highest BCUT2D eigenvalue weighted by Gasteiger charge is 2.20. The zero-order valence-corrected chi connectivity index (χ0v) is 13.5. The van der Waals surface area contributed by atoms with Crippen molar-refractivity contribution in [2.75, 3.05) is 55.0 Å². The number of aryl methyl sites for hydroxylation is 1. The molecule has 0 N–H and O–H groups in total. The van der Waals surface area contributed by atoms with E-state index in [4.69, 9.17) is 0 Å². The van der Waals surface area contributed by atoms with Gasteiger partial charge in [0.05, 0.1) is 0 Å². The highest BCUT2D eigenvalue weighted by molar-refractivity contribution is 7.15. The van der Waals surface area contributed by atoms with Crippen LogP contribution in [-0.2, 0) is 0 Å². The number of piperazine rings is 1. The van der Waals surface area contributed by atoms with Gasteiger partial charge in [-0.3, -0.25) is 0 Å². The van der Waals surface area contributed by atoms with E-state index in [-0.39, 0.29) is 0 Å². The van der Waals surface area contributed by atoms with E-state index in [0.717, 1.165) is 42.9 Å². The van der Waals surface area contributed by atoms with Crippen molar-refractivity contribution in [3.05, 3.63) is 23.2 Å². The highest BCUT2D eigenvalue weighted by Crippen LogP contribution is 2.24. The molecule has 0 amide bonds. The molecular formula is C14H20N6S. The van der Waals surface area contributed by atoms with Crippen molar-refractivity contribution in [1.82, 2.24) is 15.2 Å². The minimum absolute atomic E-state index is 0.885. The molecule has 0 atom stereocenters. The van der Waals surface area contributed by atoms with Crippen LogP contribution in [0.3, 0.4) is 0 Å². The lowest BCUT2D eigenvalue weighted by molar-refractivity contribution is 0.642. The Morgan fingerprint density at radius 2 is 1.76 bits per heavy atom. The smallest absolute Gasteiger partial charge is 0.185 e. The van der Waals surface area contributed by atoms with Gasteiger partial charge in [0.25, 0.3) is 0 Å². The van der Waals surface area contributed by atoms with E-state index in [1.165, 1.54) is 4.88 Å². The summed E-state index contributed by atoms with van der Waals surface area (Å²) in [5, 5.41) is 9.70. The maximum atomic E-state index is 4.46. The molecule has 1 fully saturated rings. The lowest BCUT2D eigenvalue weighted by Gasteiger charge is -2.35. The van der Waals surface area contributed by atoms with Gasteiger partial charge in [0.1, 0.15) is 0 Å². The van der Waals surface area contributed by atoms with Crippen molar-refractivity contribution in [1.29, 1.82) is 0 Å². The predicted octanol–water partition coefficient (Wildman–Crippen LogP) is 1.63. The zero-order valence-electron chi connectivity index (χ0n) is 12.7. The normalized spacial score (nSPS) is 15.4. The molecule has 1 saturated heterocycles. The number of rotatable bonds is 3. The topological polar surface area (TPSA) is 48.4 Å². The second-order valence-electron chi connectivity index (χ2n) is 5.37. The number of hydrogen-bond acceptors (Lipinski definition) is 7. The molecule has 3 rings (SSSR count). The van der Waals surface area contributed by atoms with Crippen LogP contribution >= 0.6 is 11.3 Å². The average molecular weight is 304 g/mol. The van der Waals surface area contributed by atoms with Crippen molar-refractivity contribution in [3.8, 4) is 0 Å². The third kappa shape index (κ3) is 3.07. The van der Waals surface area contributed by atoms with Crippen molar-refractivity contribution in [2.24, 2.45) is 0 Å². The molecule has 0 radical (unpaired) electrons. The van der Waals surface area contributed by atoms with Crippen LogP contribution in [0.1, 0.15) is 4.88 Å². The Labute approximate surface area is 129 Å². The first-order valence-corrected chi connectivity index (χ1v) is 7.88. The molecule has 0 aromatic carbocycles. The molecule has 0 spiro atoms. The summed E-state index contributed by atoms with van der Waals surface area (Å²) in [6.45, 7) is 5.96. The van der Waals surface area contributed by atoms with Crippen LogP contribution in [-0.4, -0.2) is 55.5 Å². The quantitative estimate of drug-likeness (QED) is 0.859. The number of aromatic nitrogens is 3. The van der Waals surface area contributed by atoms with E-state index < -0.39 is 0 Å². The molecule has 2 aromatic rings. The Balaban J connectivity index is 1.62. The van der Waals surface area contributed by atoms with E-state index >= 15 is 0 Å². The van der Waals surface area contributed by atoms with Crippen molar-refractivity contribution in [3.63, 3.8) is 0 Å². The van der Waals surface area contributed by atoms with Crippen LogP contribution < -0.4 is 14.7 Å². The summed E-state index contributed by atoms with van der Waals surface area (Å²) in [5.74, 6) is 1.84. The van der Waals surface area contributed by atoms with Crippen LogP contribution in [0.4, 0.5) is 16.8 Å². The maximum Gasteiger partial charge on any atom is 0.185 e. The first-order valence-electron chi connectivity index (χ1n) is 7.07. The van der Waals surface area contributed by atoms with Gasteiger partial charge in [-0.2, -0.15) is 0 Å². The molecule has 3 heterocycles. The van der Waals surface area contributed by atoms with Gasteiger partial charge in [0.2, 0.25) is 0 Å². The lowest BCUT2D eigenvalue weighted by Crippen LogP contribution is -2.46. The van der Waals surface area contributed by atoms with Crippen molar-refractivity contribution >= 4 is 28.1 Å². The minimum atomic E-state index is 0.885. The monoisotopic (exact) mass is 304 g/mol. The van der Waals surface area contributed by atoms with Crippen LogP contribution in [0.15, 0.2) is 18.3 Å². The number of thiazole rings is 1. The molecule has 1 aliphatic heterocycles. The van der Waals surface area contributed by atoms with Gasteiger partial charge in [0, 0.05) is 51.3 Å². The Morgan fingerprint density at radius 3 is 2.29 bits per heavy atom. The summed E-state index contributed by atoms with van der Waals surface area (Å²) in [5.41, 5.74) is 0. The molecule has 0 bridgehead atoms. The van der Waals surface area contributed by atoms with Crippen molar-refractivity contribution in [2.45, 2.75) is 6.92 Å². The number of hydrogen-bond donors (Lipinski definition) is 0. The molecule has 112 valence electrons. The van der Waals surface area contributed by atoms with Gasteiger partial charge in [0.15, 0.2) is 16.8 Å². The first kappa shape index (κ1) is 14.1. The number of nitrogens with zero attached hydrogens (tertiary/aromatic N) is 6. The highest BCUT2D eigenvalue weighted by atomic mass is 32.1. The van der Waals surface area contributed by atoms with Crippen LogP contribution in [0.2, 0.25) is 0 Å². The van der Waals surface area contributed by atoms with E-state index in [0.29, 0.717) is 0 Å². The summed E-state index contributed by atoms with van der Waals surface area (Å²) in [6.07, 6.45) is 1.94. The fourth-order valence-corrected chi connectivity index (χ4v) is 3.15. The molecule has 0 aliphatic carbocycles. The van der Waals surface area contributed by atoms with E-state index in [2.05, 4.69) is 31.9 Å². The number of anilines is 3. The van der Waals surface area contributed by atoms with E-state index in [1.54, 1.807) is 11.3 Å². The van der Waals surface area contributed by atoms with E-state index in [9.17, 15) is 0 Å². The zero-order chi connectivity index (χ0) is 14.8. The van der Waals surface area contributed by atoms with Crippen LogP contribution in [0, 0.1) is 6.92 Å². The SMILES string of the molecule is Cc1cnc(N2CCN(c3ccc(N(C)C)nn3)CC2)s1. The third-order valence-electron chi connectivity index (χ3n) is 3.58. The summed E-state index contributed by atoms with van der Waals surface area (Å²) in [7, 11) is 3.94. The minimum Gasteiger partial charge on any atom is -0.361 e. The molecule has 0 saturated carbocycles. The average Bonchev–Trinajstić information content (AvgIpc) is 2.94. The molecular weight excluding hydrogens is 284 g/mol.